The van der Waals surface area contributed by atoms with Gasteiger partial charge in [-0.1, -0.05) is 18.2 Å². The Bertz CT molecular complexity index is 753. The smallest absolute Gasteiger partial charge is 0.258 e. The van der Waals surface area contributed by atoms with Crippen molar-refractivity contribution in [1.29, 1.82) is 0 Å². The molecule has 2 aromatic rings. The molecule has 134 valence electrons. The van der Waals surface area contributed by atoms with Crippen LogP contribution in [-0.2, 0) is 16.8 Å². The second-order valence-electron chi connectivity index (χ2n) is 7.10. The van der Waals surface area contributed by atoms with Crippen LogP contribution in [0.5, 0.6) is 11.5 Å². The van der Waals surface area contributed by atoms with Gasteiger partial charge in [-0.3, -0.25) is 4.79 Å². The molecule has 1 aliphatic heterocycles. The maximum absolute atomic E-state index is 12.1. The standard InChI is InChI=1S/C19H23NO4S/c1-18(2)10-13-6-4-7-14(17(13)24-18)23-11-16(21)20-12-19(3,22)15-8-5-9-25-15/h4-9,22H,10-12H2,1-3H3,(H,20,21). The van der Waals surface area contributed by atoms with E-state index < -0.39 is 5.60 Å². The molecule has 1 aromatic heterocycles. The first-order chi connectivity index (χ1) is 11.8. The van der Waals surface area contributed by atoms with Gasteiger partial charge in [-0.25, -0.2) is 0 Å². The summed E-state index contributed by atoms with van der Waals surface area (Å²) in [6.45, 7) is 5.74. The molecule has 1 aliphatic rings. The molecule has 0 saturated carbocycles. The summed E-state index contributed by atoms with van der Waals surface area (Å²) in [7, 11) is 0. The van der Waals surface area contributed by atoms with Gasteiger partial charge in [0.1, 0.15) is 11.2 Å². The molecule has 5 nitrogen and oxygen atoms in total. The van der Waals surface area contributed by atoms with Gasteiger partial charge >= 0.3 is 0 Å². The fraction of sp³-hybridized carbons (Fsp3) is 0.421. The van der Waals surface area contributed by atoms with Crippen LogP contribution in [0.1, 0.15) is 31.2 Å². The Kier molecular flexibility index (Phi) is 4.75. The first-order valence-corrected chi connectivity index (χ1v) is 9.12. The highest BCUT2D eigenvalue weighted by atomic mass is 32.1. The molecule has 6 heteroatoms. The van der Waals surface area contributed by atoms with Gasteiger partial charge in [0.2, 0.25) is 0 Å². The molecule has 0 saturated heterocycles. The second kappa shape index (κ2) is 6.69. The number of carbonyl (C=O) groups is 1. The number of carbonyl (C=O) groups excluding carboxylic acids is 1. The van der Waals surface area contributed by atoms with E-state index in [2.05, 4.69) is 5.32 Å². The summed E-state index contributed by atoms with van der Waals surface area (Å²) in [5.41, 5.74) is -0.266. The van der Waals surface area contributed by atoms with Gasteiger partial charge in [-0.05, 0) is 38.3 Å². The first kappa shape index (κ1) is 17.8. The number of aliphatic hydroxyl groups is 1. The third-order valence-corrected chi connectivity index (χ3v) is 5.22. The Labute approximate surface area is 151 Å². The normalized spacial score (nSPS) is 17.3. The Balaban J connectivity index is 1.55. The second-order valence-corrected chi connectivity index (χ2v) is 8.05. The van der Waals surface area contributed by atoms with Crippen LogP contribution in [0.2, 0.25) is 0 Å². The summed E-state index contributed by atoms with van der Waals surface area (Å²) in [4.78, 5) is 12.9. The molecule has 3 rings (SSSR count). The number of fused-ring (bicyclic) bond motifs is 1. The van der Waals surface area contributed by atoms with Gasteiger partial charge in [0.05, 0.1) is 6.54 Å². The van der Waals surface area contributed by atoms with Crippen LogP contribution in [0.4, 0.5) is 0 Å². The number of thiophene rings is 1. The quantitative estimate of drug-likeness (QED) is 0.830. The van der Waals surface area contributed by atoms with Crippen LogP contribution in [0.15, 0.2) is 35.7 Å². The number of ether oxygens (including phenoxy) is 2. The topological polar surface area (TPSA) is 67.8 Å². The van der Waals surface area contributed by atoms with Crippen molar-refractivity contribution in [3.05, 3.63) is 46.2 Å². The van der Waals surface area contributed by atoms with Crippen LogP contribution in [-0.4, -0.2) is 29.8 Å². The summed E-state index contributed by atoms with van der Waals surface area (Å²) in [6.07, 6.45) is 0.815. The predicted octanol–water partition coefficient (Wildman–Crippen LogP) is 2.86. The molecule has 1 atom stereocenters. The van der Waals surface area contributed by atoms with Gasteiger partial charge < -0.3 is 19.9 Å². The average molecular weight is 361 g/mol. The number of benzene rings is 1. The predicted molar refractivity (Wildman–Crippen MR) is 97.2 cm³/mol. The van der Waals surface area contributed by atoms with Crippen molar-refractivity contribution in [2.75, 3.05) is 13.2 Å². The van der Waals surface area contributed by atoms with E-state index in [0.29, 0.717) is 11.5 Å². The highest BCUT2D eigenvalue weighted by molar-refractivity contribution is 7.10. The molecule has 2 N–H and O–H groups in total. The molecule has 1 unspecified atom stereocenters. The number of hydrogen-bond acceptors (Lipinski definition) is 5. The summed E-state index contributed by atoms with van der Waals surface area (Å²) in [5.74, 6) is 1.00. The summed E-state index contributed by atoms with van der Waals surface area (Å²) >= 11 is 1.46. The zero-order valence-corrected chi connectivity index (χ0v) is 15.5. The van der Waals surface area contributed by atoms with Gasteiger partial charge in [0.15, 0.2) is 18.1 Å². The van der Waals surface area contributed by atoms with Crippen molar-refractivity contribution < 1.29 is 19.4 Å². The maximum Gasteiger partial charge on any atom is 0.258 e. The molecular weight excluding hydrogens is 338 g/mol. The summed E-state index contributed by atoms with van der Waals surface area (Å²) in [6, 6.07) is 9.43. The molecule has 0 spiro atoms. The Hall–Kier alpha value is -2.05. The SMILES string of the molecule is CC1(C)Cc2cccc(OCC(=O)NCC(C)(O)c3cccs3)c2O1. The van der Waals surface area contributed by atoms with Crippen molar-refractivity contribution in [3.63, 3.8) is 0 Å². The zero-order chi connectivity index (χ0) is 18.1. The lowest BCUT2D eigenvalue weighted by Crippen LogP contribution is -2.40. The van der Waals surface area contributed by atoms with Gasteiger partial charge in [0, 0.05) is 16.9 Å². The third kappa shape index (κ3) is 4.14. The molecule has 0 aliphatic carbocycles. The molecular formula is C19H23NO4S. The van der Waals surface area contributed by atoms with Gasteiger partial charge in [0.25, 0.3) is 5.91 Å². The number of para-hydroxylation sites is 1. The van der Waals surface area contributed by atoms with Crippen molar-refractivity contribution in [3.8, 4) is 11.5 Å². The van der Waals surface area contributed by atoms with E-state index >= 15 is 0 Å². The van der Waals surface area contributed by atoms with E-state index in [1.54, 1.807) is 13.0 Å². The largest absolute Gasteiger partial charge is 0.483 e. The van der Waals surface area contributed by atoms with E-state index in [0.717, 1.165) is 16.9 Å². The third-order valence-electron chi connectivity index (χ3n) is 4.10. The van der Waals surface area contributed by atoms with Crippen molar-refractivity contribution >= 4 is 17.2 Å². The minimum absolute atomic E-state index is 0.124. The van der Waals surface area contributed by atoms with Gasteiger partial charge in [-0.2, -0.15) is 0 Å². The number of rotatable bonds is 6. The van der Waals surface area contributed by atoms with Crippen LogP contribution < -0.4 is 14.8 Å². The lowest BCUT2D eigenvalue weighted by Gasteiger charge is -2.22. The zero-order valence-electron chi connectivity index (χ0n) is 14.7. The fourth-order valence-corrected chi connectivity index (χ4v) is 3.63. The molecule has 1 amide bonds. The highest BCUT2D eigenvalue weighted by Crippen LogP contribution is 2.41. The van der Waals surface area contributed by atoms with Crippen LogP contribution in [0.25, 0.3) is 0 Å². The van der Waals surface area contributed by atoms with E-state index in [1.807, 2.05) is 43.5 Å². The summed E-state index contributed by atoms with van der Waals surface area (Å²) in [5, 5.41) is 15.0. The maximum atomic E-state index is 12.1. The average Bonchev–Trinajstić information content (AvgIpc) is 3.17. The van der Waals surface area contributed by atoms with Gasteiger partial charge in [-0.15, -0.1) is 11.3 Å². The summed E-state index contributed by atoms with van der Waals surface area (Å²) < 4.78 is 11.6. The van der Waals surface area contributed by atoms with E-state index in [1.165, 1.54) is 11.3 Å². The van der Waals surface area contributed by atoms with E-state index in [4.69, 9.17) is 9.47 Å². The Morgan fingerprint density at radius 3 is 2.92 bits per heavy atom. The molecule has 1 aromatic carbocycles. The molecule has 2 heterocycles. The lowest BCUT2D eigenvalue weighted by atomic mass is 10.0. The number of nitrogens with one attached hydrogen (secondary N) is 1. The van der Waals surface area contributed by atoms with Crippen molar-refractivity contribution in [2.24, 2.45) is 0 Å². The molecule has 0 fully saturated rings. The van der Waals surface area contributed by atoms with Crippen LogP contribution >= 0.6 is 11.3 Å². The minimum atomic E-state index is -1.09. The Morgan fingerprint density at radius 2 is 2.20 bits per heavy atom. The molecule has 25 heavy (non-hydrogen) atoms. The van der Waals surface area contributed by atoms with E-state index in [-0.39, 0.29) is 24.7 Å². The molecule has 0 bridgehead atoms. The number of hydrogen-bond donors (Lipinski definition) is 2. The van der Waals surface area contributed by atoms with Crippen LogP contribution in [0, 0.1) is 0 Å². The fourth-order valence-electron chi connectivity index (χ4n) is 2.84. The monoisotopic (exact) mass is 361 g/mol. The first-order valence-electron chi connectivity index (χ1n) is 8.24. The number of amides is 1. The highest BCUT2D eigenvalue weighted by Gasteiger charge is 2.32. The Morgan fingerprint density at radius 1 is 1.40 bits per heavy atom. The van der Waals surface area contributed by atoms with E-state index in [9.17, 15) is 9.90 Å². The lowest BCUT2D eigenvalue weighted by molar-refractivity contribution is -0.124. The van der Waals surface area contributed by atoms with Crippen molar-refractivity contribution in [2.45, 2.75) is 38.4 Å². The van der Waals surface area contributed by atoms with Crippen LogP contribution in [0.3, 0.4) is 0 Å². The van der Waals surface area contributed by atoms with Crippen molar-refractivity contribution in [1.82, 2.24) is 5.32 Å². The molecule has 0 radical (unpaired) electrons. The minimum Gasteiger partial charge on any atom is -0.483 e.